The summed E-state index contributed by atoms with van der Waals surface area (Å²) in [6.45, 7) is 8.13. The monoisotopic (exact) mass is 584 g/mol. The van der Waals surface area contributed by atoms with Crippen LogP contribution in [0.3, 0.4) is 0 Å². The van der Waals surface area contributed by atoms with Crippen LogP contribution < -0.4 is 10.5 Å². The Bertz CT molecular complexity index is 1450. The number of primary amides is 1. The van der Waals surface area contributed by atoms with Gasteiger partial charge in [0.25, 0.3) is 0 Å². The standard InChI is InChI=1S/C33H39F3N2O4/c1-18-10-23(13-25(11-18)33(34,35)36)29-19(2)38(31(40)42-29)17-24-16-32(3,4)9-8-26(24)27-14-22-12-21(30(37)39)7-6-20(22)15-28(27)41-5/h10-11,13-15,19,21,29H,6-9,12,16-17H2,1-5H3,(H2,37,39)/t19-,21?,29-/m0/s1. The van der Waals surface area contributed by atoms with Crippen LogP contribution >= 0.6 is 0 Å². The highest BCUT2D eigenvalue weighted by Crippen LogP contribution is 2.47. The minimum absolute atomic E-state index is 0.00175. The molecule has 5 rings (SSSR count). The summed E-state index contributed by atoms with van der Waals surface area (Å²) in [5, 5.41) is 0. The predicted octanol–water partition coefficient (Wildman–Crippen LogP) is 7.16. The summed E-state index contributed by atoms with van der Waals surface area (Å²) in [6.07, 6.45) is -1.32. The second-order valence-electron chi connectivity index (χ2n) is 12.9. The number of halogens is 3. The van der Waals surface area contributed by atoms with Crippen molar-refractivity contribution in [3.8, 4) is 5.75 Å². The largest absolute Gasteiger partial charge is 0.496 e. The van der Waals surface area contributed by atoms with Crippen LogP contribution in [0.25, 0.3) is 5.57 Å². The molecule has 0 spiro atoms. The highest BCUT2D eigenvalue weighted by Gasteiger charge is 2.42. The molecule has 0 radical (unpaired) electrons. The quantitative estimate of drug-likeness (QED) is 0.391. The number of alkyl halides is 3. The van der Waals surface area contributed by atoms with Crippen LogP contribution in [0.2, 0.25) is 0 Å². The van der Waals surface area contributed by atoms with E-state index in [0.29, 0.717) is 30.5 Å². The van der Waals surface area contributed by atoms with Gasteiger partial charge in [0.05, 0.1) is 18.7 Å². The molecule has 0 saturated carbocycles. The predicted molar refractivity (Wildman–Crippen MR) is 154 cm³/mol. The van der Waals surface area contributed by atoms with Crippen molar-refractivity contribution in [1.29, 1.82) is 0 Å². The Labute approximate surface area is 245 Å². The van der Waals surface area contributed by atoms with E-state index in [1.165, 1.54) is 0 Å². The molecule has 0 bridgehead atoms. The van der Waals surface area contributed by atoms with E-state index < -0.39 is 30.0 Å². The fourth-order valence-corrected chi connectivity index (χ4v) is 6.83. The van der Waals surface area contributed by atoms with E-state index in [0.717, 1.165) is 71.4 Å². The zero-order valence-electron chi connectivity index (χ0n) is 24.9. The minimum Gasteiger partial charge on any atom is -0.496 e. The highest BCUT2D eigenvalue weighted by molar-refractivity contribution is 5.79. The first-order valence-corrected chi connectivity index (χ1v) is 14.5. The Morgan fingerprint density at radius 2 is 1.88 bits per heavy atom. The number of allylic oxidation sites excluding steroid dienone is 1. The van der Waals surface area contributed by atoms with Gasteiger partial charge in [0.2, 0.25) is 5.91 Å². The molecule has 1 saturated heterocycles. The summed E-state index contributed by atoms with van der Waals surface area (Å²) in [6, 6.07) is 7.54. The second kappa shape index (κ2) is 11.0. The van der Waals surface area contributed by atoms with Crippen LogP contribution in [-0.2, 0) is 28.5 Å². The number of amides is 2. The third-order valence-corrected chi connectivity index (χ3v) is 9.16. The van der Waals surface area contributed by atoms with Gasteiger partial charge in [-0.05, 0) is 110 Å². The van der Waals surface area contributed by atoms with E-state index >= 15 is 0 Å². The van der Waals surface area contributed by atoms with E-state index in [1.54, 1.807) is 25.0 Å². The molecular weight excluding hydrogens is 545 g/mol. The lowest BCUT2D eigenvalue weighted by atomic mass is 9.72. The molecule has 2 aliphatic carbocycles. The van der Waals surface area contributed by atoms with E-state index in [-0.39, 0.29) is 17.2 Å². The minimum atomic E-state index is -4.49. The van der Waals surface area contributed by atoms with Gasteiger partial charge in [-0.3, -0.25) is 9.69 Å². The number of methoxy groups -OCH3 is 1. The first kappa shape index (κ1) is 30.0. The summed E-state index contributed by atoms with van der Waals surface area (Å²) in [5.74, 6) is 0.270. The van der Waals surface area contributed by atoms with Gasteiger partial charge in [-0.1, -0.05) is 25.5 Å². The molecule has 1 unspecified atom stereocenters. The maximum atomic E-state index is 13.5. The van der Waals surface area contributed by atoms with Crippen molar-refractivity contribution in [3.05, 3.63) is 69.3 Å². The number of carbonyl (C=O) groups is 2. The van der Waals surface area contributed by atoms with Gasteiger partial charge in [-0.15, -0.1) is 0 Å². The fourth-order valence-electron chi connectivity index (χ4n) is 6.83. The zero-order chi connectivity index (χ0) is 30.6. The van der Waals surface area contributed by atoms with Crippen LogP contribution in [0, 0.1) is 18.3 Å². The van der Waals surface area contributed by atoms with Crippen molar-refractivity contribution < 1.29 is 32.2 Å². The smallest absolute Gasteiger partial charge is 0.416 e. The number of ether oxygens (including phenoxy) is 2. The Balaban J connectivity index is 1.51. The first-order chi connectivity index (χ1) is 19.7. The van der Waals surface area contributed by atoms with Crippen molar-refractivity contribution in [2.24, 2.45) is 17.1 Å². The van der Waals surface area contributed by atoms with Crippen LogP contribution in [0.5, 0.6) is 5.75 Å². The number of hydrogen-bond donors (Lipinski definition) is 1. The van der Waals surface area contributed by atoms with Gasteiger partial charge in [-0.2, -0.15) is 13.2 Å². The van der Waals surface area contributed by atoms with Crippen LogP contribution in [-0.4, -0.2) is 36.6 Å². The maximum absolute atomic E-state index is 13.5. The molecule has 2 amide bonds. The molecular formula is C33H39F3N2O4. The lowest BCUT2D eigenvalue weighted by Crippen LogP contribution is -2.35. The van der Waals surface area contributed by atoms with Crippen LogP contribution in [0.1, 0.15) is 85.9 Å². The van der Waals surface area contributed by atoms with Gasteiger partial charge in [0.1, 0.15) is 11.9 Å². The third kappa shape index (κ3) is 5.88. The molecule has 0 aromatic heterocycles. The molecule has 2 aromatic rings. The number of aryl methyl sites for hydroxylation is 2. The molecule has 1 heterocycles. The van der Waals surface area contributed by atoms with Crippen molar-refractivity contribution in [1.82, 2.24) is 4.90 Å². The van der Waals surface area contributed by atoms with E-state index in [4.69, 9.17) is 15.2 Å². The third-order valence-electron chi connectivity index (χ3n) is 9.16. The molecule has 1 aliphatic heterocycles. The molecule has 6 nitrogen and oxygen atoms in total. The van der Waals surface area contributed by atoms with Gasteiger partial charge >= 0.3 is 12.3 Å². The van der Waals surface area contributed by atoms with Gasteiger partial charge in [0.15, 0.2) is 0 Å². The van der Waals surface area contributed by atoms with E-state index in [1.807, 2.05) is 6.92 Å². The van der Waals surface area contributed by atoms with Crippen LogP contribution in [0.15, 0.2) is 35.9 Å². The van der Waals surface area contributed by atoms with Gasteiger partial charge < -0.3 is 15.2 Å². The van der Waals surface area contributed by atoms with Crippen molar-refractivity contribution >= 4 is 17.6 Å². The zero-order valence-corrected chi connectivity index (χ0v) is 24.9. The number of nitrogens with two attached hydrogens (primary N) is 1. The highest BCUT2D eigenvalue weighted by atomic mass is 19.4. The topological polar surface area (TPSA) is 81.9 Å². The molecule has 226 valence electrons. The summed E-state index contributed by atoms with van der Waals surface area (Å²) in [4.78, 5) is 26.8. The molecule has 3 atom stereocenters. The van der Waals surface area contributed by atoms with Gasteiger partial charge in [-0.25, -0.2) is 4.79 Å². The van der Waals surface area contributed by atoms with Crippen molar-refractivity contribution in [2.75, 3.05) is 13.7 Å². The Hall–Kier alpha value is -3.49. The summed E-state index contributed by atoms with van der Waals surface area (Å²) in [5.41, 5.74) is 11.1. The Kier molecular flexibility index (Phi) is 7.83. The number of fused-ring (bicyclic) bond motifs is 1. The Morgan fingerprint density at radius 1 is 1.14 bits per heavy atom. The molecule has 42 heavy (non-hydrogen) atoms. The molecule has 2 aromatic carbocycles. The molecule has 9 heteroatoms. The van der Waals surface area contributed by atoms with Crippen molar-refractivity contribution in [3.63, 3.8) is 0 Å². The molecule has 1 fully saturated rings. The van der Waals surface area contributed by atoms with E-state index in [2.05, 4.69) is 26.0 Å². The maximum Gasteiger partial charge on any atom is 0.416 e. The molecule has 3 aliphatic rings. The second-order valence-corrected chi connectivity index (χ2v) is 12.9. The van der Waals surface area contributed by atoms with Crippen molar-refractivity contribution in [2.45, 2.75) is 84.5 Å². The number of carbonyl (C=O) groups excluding carboxylic acids is 2. The average molecular weight is 585 g/mol. The van der Waals surface area contributed by atoms with Gasteiger partial charge in [0, 0.05) is 18.0 Å². The number of rotatable bonds is 6. The number of nitrogens with zero attached hydrogens (tertiary/aromatic N) is 1. The SMILES string of the molecule is COc1cc2c(cc1C1=C(CN3C(=O)O[C@H](c4cc(C)cc(C(F)(F)F)c4)[C@@H]3C)CC(C)(C)CC1)CC(C(N)=O)CC2. The van der Waals surface area contributed by atoms with Crippen LogP contribution in [0.4, 0.5) is 18.0 Å². The summed E-state index contributed by atoms with van der Waals surface area (Å²) >= 11 is 0. The Morgan fingerprint density at radius 3 is 2.55 bits per heavy atom. The number of hydrogen-bond acceptors (Lipinski definition) is 4. The lowest BCUT2D eigenvalue weighted by molar-refractivity contribution is -0.137. The summed E-state index contributed by atoms with van der Waals surface area (Å²) < 4.78 is 52.2. The fraction of sp³-hybridized carbons (Fsp3) is 0.515. The number of benzene rings is 2. The molecule has 2 N–H and O–H groups in total. The number of cyclic esters (lactones) is 1. The first-order valence-electron chi connectivity index (χ1n) is 14.5. The normalized spacial score (nSPS) is 24.0. The van der Waals surface area contributed by atoms with E-state index in [9.17, 15) is 22.8 Å². The summed E-state index contributed by atoms with van der Waals surface area (Å²) in [7, 11) is 1.65. The lowest BCUT2D eigenvalue weighted by Gasteiger charge is -2.36. The average Bonchev–Trinajstić information content (AvgIpc) is 3.19.